The van der Waals surface area contributed by atoms with E-state index in [1.807, 2.05) is 0 Å². The molecule has 3 fully saturated rings. The Hall–Kier alpha value is -5.32. The molecule has 3 saturated heterocycles. The first-order valence-electron chi connectivity index (χ1n) is 17.4. The van der Waals surface area contributed by atoms with Crippen molar-refractivity contribution in [3.63, 3.8) is 0 Å². The number of alkyl halides is 3. The van der Waals surface area contributed by atoms with Gasteiger partial charge in [0.05, 0.1) is 19.8 Å². The Labute approximate surface area is 334 Å². The van der Waals surface area contributed by atoms with Crippen LogP contribution in [0.3, 0.4) is 0 Å². The molecular weight excluding hydrogens is 801 g/mol. The Bertz CT molecular complexity index is 2060. The fraction of sp³-hybridized carbons (Fsp3) is 0.333. The number of nitrogens with zero attached hydrogens (tertiary/aromatic N) is 2. The van der Waals surface area contributed by atoms with Gasteiger partial charge in [0, 0.05) is 24.2 Å². The molecule has 4 heterocycles. The number of hydrogen-bond acceptors (Lipinski definition) is 10. The summed E-state index contributed by atoms with van der Waals surface area (Å²) in [6, 6.07) is 16.3. The Morgan fingerprint density at radius 1 is 0.947 bits per heavy atom. The van der Waals surface area contributed by atoms with Gasteiger partial charge in [0.15, 0.2) is 29.9 Å². The van der Waals surface area contributed by atoms with Crippen LogP contribution in [0.2, 0.25) is 10.0 Å². The average molecular weight is 839 g/mol. The second-order valence-corrected chi connectivity index (χ2v) is 13.9. The zero-order valence-electron chi connectivity index (χ0n) is 30.4. The van der Waals surface area contributed by atoms with Crippen molar-refractivity contribution in [3.8, 4) is 11.5 Å². The summed E-state index contributed by atoms with van der Waals surface area (Å²) < 4.78 is 69.5. The number of benzene rings is 3. The lowest BCUT2D eigenvalue weighted by Crippen LogP contribution is -2.52. The number of aromatic nitrogens is 1. The number of methoxy groups -OCH3 is 2. The van der Waals surface area contributed by atoms with Crippen LogP contribution in [0.25, 0.3) is 0 Å². The van der Waals surface area contributed by atoms with E-state index in [2.05, 4.69) is 10.2 Å². The molecular formula is C39H37Cl2F4N3O9. The molecule has 57 heavy (non-hydrogen) atoms. The highest BCUT2D eigenvalue weighted by atomic mass is 35.5. The van der Waals surface area contributed by atoms with Crippen LogP contribution in [0.5, 0.6) is 11.5 Å². The van der Waals surface area contributed by atoms with Crippen LogP contribution in [-0.2, 0) is 25.5 Å². The SMILES string of the molecule is COc1ccc(C(Cc2c(Cl)c[n+]([O-])cc2Cl)OC(=O)c2cccc(NC(C(=O)O[C@H]3CN4CCC3CC4)c3cccc(F)c3)c2)cc1OC.O=C(O)C(F)(F)F. The summed E-state index contributed by atoms with van der Waals surface area (Å²) in [5.41, 5.74) is 1.93. The number of piperidine rings is 3. The summed E-state index contributed by atoms with van der Waals surface area (Å²) in [4.78, 5) is 38.6. The van der Waals surface area contributed by atoms with Gasteiger partial charge in [-0.05, 0) is 85.4 Å². The minimum Gasteiger partial charge on any atom is -0.619 e. The third-order valence-corrected chi connectivity index (χ3v) is 10.1. The van der Waals surface area contributed by atoms with Gasteiger partial charge in [0.2, 0.25) is 0 Å². The van der Waals surface area contributed by atoms with Gasteiger partial charge in [-0.2, -0.15) is 17.9 Å². The van der Waals surface area contributed by atoms with E-state index in [0.717, 1.165) is 25.9 Å². The van der Waals surface area contributed by atoms with E-state index >= 15 is 0 Å². The summed E-state index contributed by atoms with van der Waals surface area (Å²) in [6.07, 6.45) is -1.96. The number of carboxylic acids is 1. The number of pyridine rings is 1. The molecule has 0 spiro atoms. The van der Waals surface area contributed by atoms with Crippen molar-refractivity contribution in [2.24, 2.45) is 5.92 Å². The average Bonchev–Trinajstić information content (AvgIpc) is 3.18. The summed E-state index contributed by atoms with van der Waals surface area (Å²) in [6.45, 7) is 2.66. The van der Waals surface area contributed by atoms with Gasteiger partial charge in [-0.25, -0.2) is 18.8 Å². The highest BCUT2D eigenvalue weighted by Gasteiger charge is 2.39. The third kappa shape index (κ3) is 11.2. The fourth-order valence-corrected chi connectivity index (χ4v) is 7.12. The van der Waals surface area contributed by atoms with Crippen molar-refractivity contribution in [1.29, 1.82) is 0 Å². The number of halogens is 6. The minimum atomic E-state index is -5.08. The molecule has 0 aliphatic carbocycles. The number of ether oxygens (including phenoxy) is 4. The third-order valence-electron chi connectivity index (χ3n) is 9.41. The Morgan fingerprint density at radius 3 is 2.18 bits per heavy atom. The van der Waals surface area contributed by atoms with Crippen LogP contribution < -0.4 is 19.5 Å². The summed E-state index contributed by atoms with van der Waals surface area (Å²) >= 11 is 12.8. The van der Waals surface area contributed by atoms with E-state index in [0.29, 0.717) is 45.2 Å². The monoisotopic (exact) mass is 837 g/mol. The summed E-state index contributed by atoms with van der Waals surface area (Å²) in [5.74, 6) is -3.30. The Morgan fingerprint density at radius 2 is 1.60 bits per heavy atom. The lowest BCUT2D eigenvalue weighted by atomic mass is 9.86. The van der Waals surface area contributed by atoms with Crippen LogP contribution in [-0.4, -0.2) is 74.0 Å². The summed E-state index contributed by atoms with van der Waals surface area (Å²) in [5, 5.41) is 22.4. The molecule has 3 atom stereocenters. The minimum absolute atomic E-state index is 0.0325. The van der Waals surface area contributed by atoms with E-state index in [1.165, 1.54) is 44.8 Å². The first-order valence-corrected chi connectivity index (χ1v) is 18.2. The van der Waals surface area contributed by atoms with Gasteiger partial charge < -0.3 is 34.6 Å². The maximum atomic E-state index is 14.4. The van der Waals surface area contributed by atoms with Crippen LogP contribution in [0, 0.1) is 16.9 Å². The number of anilines is 1. The first-order chi connectivity index (χ1) is 27.1. The number of rotatable bonds is 12. The number of esters is 2. The maximum Gasteiger partial charge on any atom is 0.490 e. The summed E-state index contributed by atoms with van der Waals surface area (Å²) in [7, 11) is 3.00. The van der Waals surface area contributed by atoms with Gasteiger partial charge in [0.25, 0.3) is 0 Å². The second-order valence-electron chi connectivity index (χ2n) is 13.1. The molecule has 2 N–H and O–H groups in total. The number of fused-ring (bicyclic) bond motifs is 3. The largest absolute Gasteiger partial charge is 0.619 e. The van der Waals surface area contributed by atoms with Crippen molar-refractivity contribution >= 4 is 46.8 Å². The Balaban J connectivity index is 0.000000811. The van der Waals surface area contributed by atoms with E-state index in [9.17, 15) is 32.4 Å². The molecule has 1 aromatic heterocycles. The molecule has 2 bridgehead atoms. The molecule has 0 amide bonds. The molecule has 3 aliphatic rings. The van der Waals surface area contributed by atoms with Crippen LogP contribution in [0.1, 0.15) is 52.0 Å². The lowest BCUT2D eigenvalue weighted by Gasteiger charge is -2.44. The van der Waals surface area contributed by atoms with Crippen molar-refractivity contribution < 1.29 is 60.7 Å². The number of carboxylic acid groups (broad SMARTS) is 1. The van der Waals surface area contributed by atoms with Gasteiger partial charge in [-0.3, -0.25) is 4.90 Å². The van der Waals surface area contributed by atoms with E-state index in [1.54, 1.807) is 48.5 Å². The van der Waals surface area contributed by atoms with Gasteiger partial charge in [-0.15, -0.1) is 0 Å². The molecule has 304 valence electrons. The molecule has 7 rings (SSSR count). The normalized spacial score (nSPS) is 18.3. The van der Waals surface area contributed by atoms with Crippen LogP contribution >= 0.6 is 23.2 Å². The molecule has 3 aliphatic heterocycles. The van der Waals surface area contributed by atoms with Gasteiger partial charge in [0.1, 0.15) is 28.1 Å². The number of carbonyl (C=O) groups excluding carboxylic acids is 2. The number of nitrogens with one attached hydrogen (secondary N) is 1. The Kier molecular flexibility index (Phi) is 14.1. The van der Waals surface area contributed by atoms with Crippen LogP contribution in [0.4, 0.5) is 23.2 Å². The van der Waals surface area contributed by atoms with Crippen molar-refractivity contribution in [2.45, 2.75) is 43.7 Å². The first kappa shape index (κ1) is 42.8. The number of aliphatic carboxylic acids is 1. The smallest absolute Gasteiger partial charge is 0.490 e. The molecule has 0 saturated carbocycles. The highest BCUT2D eigenvalue weighted by Crippen LogP contribution is 2.36. The van der Waals surface area contributed by atoms with E-state index < -0.39 is 42.0 Å². The fourth-order valence-electron chi connectivity index (χ4n) is 6.52. The predicted molar refractivity (Wildman–Crippen MR) is 199 cm³/mol. The molecule has 0 radical (unpaired) electrons. The molecule has 18 heteroatoms. The van der Waals surface area contributed by atoms with Crippen LogP contribution in [0.15, 0.2) is 79.1 Å². The standard InChI is InChI=1S/C37H36Cl2FN3O7.C2HF3O2/c1-47-31-10-9-23(17-33(31)48-2)32(18-28-29(38)19-43(46)20-30(28)39)49-36(44)25-6-4-8-27(16-25)41-35(24-5-3-7-26(40)15-24)37(45)50-34-21-42-13-11-22(34)12-14-42;3-2(4,5)1(6)7/h3-10,15-17,19-20,22,32,34-35,41H,11-14,18,21H2,1-2H3;(H,6,7)/t32?,34-,35?;/m0./s1. The maximum absolute atomic E-state index is 14.4. The lowest BCUT2D eigenvalue weighted by molar-refractivity contribution is -0.605. The zero-order valence-corrected chi connectivity index (χ0v) is 31.9. The molecule has 3 aromatic carbocycles. The zero-order chi connectivity index (χ0) is 41.4. The van der Waals surface area contributed by atoms with Crippen molar-refractivity contribution in [1.82, 2.24) is 4.90 Å². The molecule has 2 unspecified atom stereocenters. The van der Waals surface area contributed by atoms with E-state index in [4.69, 9.17) is 52.1 Å². The topological polar surface area (TPSA) is 151 Å². The van der Waals surface area contributed by atoms with Gasteiger partial charge >= 0.3 is 24.1 Å². The second kappa shape index (κ2) is 18.7. The van der Waals surface area contributed by atoms with Crippen molar-refractivity contribution in [3.05, 3.63) is 122 Å². The van der Waals surface area contributed by atoms with Gasteiger partial charge in [-0.1, -0.05) is 47.5 Å². The molecule has 4 aromatic rings. The number of hydrogen-bond donors (Lipinski definition) is 2. The molecule has 12 nitrogen and oxygen atoms in total. The number of carbonyl (C=O) groups is 3. The predicted octanol–water partition coefficient (Wildman–Crippen LogP) is 7.35. The van der Waals surface area contributed by atoms with Crippen molar-refractivity contribution in [2.75, 3.05) is 39.2 Å². The quantitative estimate of drug-likeness (QED) is 0.0639. The highest BCUT2D eigenvalue weighted by molar-refractivity contribution is 6.35. The van der Waals surface area contributed by atoms with E-state index in [-0.39, 0.29) is 34.1 Å².